The van der Waals surface area contributed by atoms with Crippen molar-refractivity contribution < 1.29 is 10.2 Å². The summed E-state index contributed by atoms with van der Waals surface area (Å²) < 4.78 is 37.8. The number of halogens is 2. The van der Waals surface area contributed by atoms with Gasteiger partial charge in [0.05, 0.1) is 16.0 Å². The fraction of sp³-hybridized carbons (Fsp3) is 0.176. The molecule has 0 aliphatic heterocycles. The van der Waals surface area contributed by atoms with Crippen molar-refractivity contribution in [3.8, 4) is 23.4 Å². The van der Waals surface area contributed by atoms with E-state index in [4.69, 9.17) is 15.5 Å². The van der Waals surface area contributed by atoms with Crippen LogP contribution in [0.25, 0.3) is 5.69 Å². The molecule has 0 spiro atoms. The lowest BCUT2D eigenvalue weighted by Gasteiger charge is -2.12. The molecule has 10 nitrogen and oxygen atoms in total. The molecule has 12 heteroatoms. The van der Waals surface area contributed by atoms with Gasteiger partial charge in [0, 0.05) is 15.7 Å². The fourth-order valence-electron chi connectivity index (χ4n) is 2.23. The SMILES string of the molecule is [2H]c1c(Oc2c(Br)cc(-n3nc(C#N)c(=O)[nH]c3=O)cc2Br)n[nH]c(=O)c1C(C)C([2H])([2H])[2H]. The maximum absolute atomic E-state index is 12.1. The normalized spacial score (nSPS) is 14.1. The number of H-pyrrole nitrogens is 2. The van der Waals surface area contributed by atoms with Gasteiger partial charge in [0.1, 0.15) is 6.07 Å². The summed E-state index contributed by atoms with van der Waals surface area (Å²) in [6.45, 7) is -1.23. The molecule has 148 valence electrons. The molecule has 1 atom stereocenters. The van der Waals surface area contributed by atoms with Crippen molar-refractivity contribution in [2.24, 2.45) is 0 Å². The van der Waals surface area contributed by atoms with E-state index in [0.29, 0.717) is 0 Å². The third-order valence-corrected chi connectivity index (χ3v) is 4.72. The maximum atomic E-state index is 12.1. The zero-order chi connectivity index (χ0) is 24.7. The van der Waals surface area contributed by atoms with Crippen molar-refractivity contribution in [1.29, 1.82) is 5.26 Å². The topological polar surface area (TPSA) is 147 Å². The Hall–Kier alpha value is -3.04. The van der Waals surface area contributed by atoms with Crippen molar-refractivity contribution in [3.63, 3.8) is 0 Å². The predicted octanol–water partition coefficient (Wildman–Crippen LogP) is 2.32. The van der Waals surface area contributed by atoms with Gasteiger partial charge in [-0.3, -0.25) is 14.6 Å². The Balaban J connectivity index is 2.08. The number of nitrogens with zero attached hydrogens (tertiary/aromatic N) is 4. The Morgan fingerprint density at radius 2 is 2.00 bits per heavy atom. The van der Waals surface area contributed by atoms with E-state index in [1.165, 1.54) is 19.1 Å². The first-order valence-corrected chi connectivity index (χ1v) is 9.34. The number of benzene rings is 1. The third kappa shape index (κ3) is 4.20. The molecule has 0 saturated carbocycles. The van der Waals surface area contributed by atoms with E-state index >= 15 is 0 Å². The number of aromatic amines is 2. The number of nitrogens with one attached hydrogen (secondary N) is 2. The molecule has 2 heterocycles. The highest BCUT2D eigenvalue weighted by atomic mass is 79.9. The molecule has 2 aromatic heterocycles. The first-order valence-electron chi connectivity index (χ1n) is 9.75. The molecule has 0 bridgehead atoms. The van der Waals surface area contributed by atoms with Gasteiger partial charge >= 0.3 is 5.69 Å². The van der Waals surface area contributed by atoms with E-state index < -0.39 is 41.3 Å². The first kappa shape index (κ1) is 15.8. The van der Waals surface area contributed by atoms with Gasteiger partial charge in [0.15, 0.2) is 5.75 Å². The van der Waals surface area contributed by atoms with Gasteiger partial charge in [0.2, 0.25) is 11.6 Å². The summed E-state index contributed by atoms with van der Waals surface area (Å²) in [5.41, 5.74) is -3.31. The quantitative estimate of drug-likeness (QED) is 0.529. The highest BCUT2D eigenvalue weighted by Gasteiger charge is 2.16. The average Bonchev–Trinajstić information content (AvgIpc) is 2.71. The minimum atomic E-state index is -2.52. The van der Waals surface area contributed by atoms with Crippen LogP contribution >= 0.6 is 31.9 Å². The fourth-order valence-corrected chi connectivity index (χ4v) is 3.55. The summed E-state index contributed by atoms with van der Waals surface area (Å²) >= 11 is 6.52. The van der Waals surface area contributed by atoms with Gasteiger partial charge in [-0.2, -0.15) is 9.94 Å². The summed E-state index contributed by atoms with van der Waals surface area (Å²) in [6.07, 6.45) is 0. The lowest BCUT2D eigenvalue weighted by atomic mass is 10.1. The van der Waals surface area contributed by atoms with Crippen LogP contribution in [0.5, 0.6) is 11.6 Å². The average molecular weight is 528 g/mol. The molecule has 0 aliphatic carbocycles. The molecular weight excluding hydrogens is 512 g/mol. The predicted molar refractivity (Wildman–Crippen MR) is 110 cm³/mol. The minimum Gasteiger partial charge on any atom is -0.435 e. The van der Waals surface area contributed by atoms with Crippen molar-refractivity contribution in [1.82, 2.24) is 25.0 Å². The van der Waals surface area contributed by atoms with Crippen LogP contribution in [-0.2, 0) is 0 Å². The Kier molecular flexibility index (Phi) is 4.44. The summed E-state index contributed by atoms with van der Waals surface area (Å²) in [7, 11) is 0. The molecule has 29 heavy (non-hydrogen) atoms. The zero-order valence-corrected chi connectivity index (χ0v) is 17.6. The largest absolute Gasteiger partial charge is 0.435 e. The number of hydrogen-bond donors (Lipinski definition) is 2. The second-order valence-corrected chi connectivity index (χ2v) is 7.30. The van der Waals surface area contributed by atoms with Crippen LogP contribution in [0.2, 0.25) is 0 Å². The van der Waals surface area contributed by atoms with Crippen LogP contribution in [-0.4, -0.2) is 25.0 Å². The Labute approximate surface area is 185 Å². The van der Waals surface area contributed by atoms with Crippen molar-refractivity contribution in [2.45, 2.75) is 19.7 Å². The summed E-state index contributed by atoms with van der Waals surface area (Å²) in [4.78, 5) is 37.8. The van der Waals surface area contributed by atoms with E-state index in [2.05, 4.69) is 47.2 Å². The van der Waals surface area contributed by atoms with Gasteiger partial charge in [-0.1, -0.05) is 13.8 Å². The molecule has 0 radical (unpaired) electrons. The highest BCUT2D eigenvalue weighted by Crippen LogP contribution is 2.38. The van der Waals surface area contributed by atoms with Crippen molar-refractivity contribution >= 4 is 31.9 Å². The van der Waals surface area contributed by atoms with E-state index in [-0.39, 0.29) is 31.8 Å². The maximum Gasteiger partial charge on any atom is 0.349 e. The van der Waals surface area contributed by atoms with Gasteiger partial charge in [-0.25, -0.2) is 9.89 Å². The molecule has 3 rings (SSSR count). The summed E-state index contributed by atoms with van der Waals surface area (Å²) in [6, 6.07) is 3.85. The van der Waals surface area contributed by atoms with Crippen LogP contribution in [0.15, 0.2) is 41.5 Å². The Bertz CT molecular complexity index is 1450. The smallest absolute Gasteiger partial charge is 0.349 e. The van der Waals surface area contributed by atoms with Crippen LogP contribution < -0.4 is 21.5 Å². The molecule has 0 saturated heterocycles. The number of rotatable bonds is 4. The number of hydrogen-bond acceptors (Lipinski definition) is 7. The molecule has 3 aromatic rings. The van der Waals surface area contributed by atoms with Gasteiger partial charge in [-0.15, -0.1) is 10.2 Å². The van der Waals surface area contributed by atoms with Crippen LogP contribution in [0.1, 0.15) is 36.4 Å². The van der Waals surface area contributed by atoms with Gasteiger partial charge in [-0.05, 0) is 49.9 Å². The van der Waals surface area contributed by atoms with E-state index in [0.717, 1.165) is 4.68 Å². The Morgan fingerprint density at radius 1 is 1.31 bits per heavy atom. The molecule has 0 aliphatic rings. The van der Waals surface area contributed by atoms with Gasteiger partial charge < -0.3 is 4.74 Å². The molecule has 2 N–H and O–H groups in total. The highest BCUT2D eigenvalue weighted by molar-refractivity contribution is 9.11. The second-order valence-electron chi connectivity index (χ2n) is 5.59. The number of ether oxygens (including phenoxy) is 1. The lowest BCUT2D eigenvalue weighted by molar-refractivity contribution is 0.446. The Morgan fingerprint density at radius 3 is 2.62 bits per heavy atom. The van der Waals surface area contributed by atoms with Gasteiger partial charge in [0.25, 0.3) is 11.1 Å². The lowest BCUT2D eigenvalue weighted by Crippen LogP contribution is -2.33. The van der Waals surface area contributed by atoms with Crippen LogP contribution in [0.4, 0.5) is 0 Å². The van der Waals surface area contributed by atoms with E-state index in [1.807, 2.05) is 4.98 Å². The molecular formula is C17H12Br2N6O4. The summed E-state index contributed by atoms with van der Waals surface area (Å²) in [5, 5.41) is 18.5. The van der Waals surface area contributed by atoms with Crippen molar-refractivity contribution in [2.75, 3.05) is 0 Å². The minimum absolute atomic E-state index is 0.0808. The number of aromatic nitrogens is 5. The molecule has 0 fully saturated rings. The van der Waals surface area contributed by atoms with Crippen molar-refractivity contribution in [3.05, 3.63) is 69.6 Å². The molecule has 1 unspecified atom stereocenters. The monoisotopic (exact) mass is 526 g/mol. The zero-order valence-electron chi connectivity index (χ0n) is 18.4. The summed E-state index contributed by atoms with van der Waals surface area (Å²) in [5.74, 6) is -1.53. The van der Waals surface area contributed by atoms with E-state index in [9.17, 15) is 14.4 Å². The van der Waals surface area contributed by atoms with Crippen LogP contribution in [0.3, 0.4) is 0 Å². The second kappa shape index (κ2) is 8.14. The molecule has 1 aromatic carbocycles. The van der Waals surface area contributed by atoms with E-state index in [1.54, 1.807) is 6.07 Å². The number of nitriles is 1. The standard InChI is InChI=1S/C17H12Br2N6O4/c1-7(2)9-5-13(22-23-15(9)26)29-14-10(18)3-8(4-11(14)19)25-17(28)21-16(27)12(6-20)24-25/h3-5,7H,1-2H3,(H,23,26)(H,21,27,28)/i1D3,5D. The van der Waals surface area contributed by atoms with Crippen LogP contribution in [0, 0.1) is 11.3 Å². The first-order chi connectivity index (χ1) is 15.3. The third-order valence-electron chi connectivity index (χ3n) is 3.54. The molecule has 0 amide bonds.